The van der Waals surface area contributed by atoms with E-state index >= 15 is 0 Å². The van der Waals surface area contributed by atoms with Crippen LogP contribution in [0.15, 0.2) is 36.9 Å². The summed E-state index contributed by atoms with van der Waals surface area (Å²) >= 11 is 4.09. The van der Waals surface area contributed by atoms with Gasteiger partial charge in [-0.3, -0.25) is 14.4 Å². The maximum Gasteiger partial charge on any atom is 0.720 e. The van der Waals surface area contributed by atoms with Gasteiger partial charge in [0.1, 0.15) is 46.7 Å². The topological polar surface area (TPSA) is 208 Å². The number of aromatic nitrogens is 3. The predicted molar refractivity (Wildman–Crippen MR) is 166 cm³/mol. The maximum atomic E-state index is 14.5. The normalized spacial score (nSPS) is 38.0. The van der Waals surface area contributed by atoms with Crippen LogP contribution in [0.25, 0.3) is 0 Å². The summed E-state index contributed by atoms with van der Waals surface area (Å²) in [4.78, 5) is 46.8. The van der Waals surface area contributed by atoms with E-state index in [9.17, 15) is 23.9 Å². The SMILES string of the molecule is CSCCC1(N)C(=O)O[Si]23OC(=O)C(N)(CCSC)C2(C(N)(CCSC)C(=O)O3)C(O)(c2ccc(F)cc2)C1n1cncn1. The second kappa shape index (κ2) is 11.6. The number of hydrogen-bond donors (Lipinski definition) is 4. The largest absolute Gasteiger partial charge is 0.720 e. The number of rotatable bonds is 11. The number of carbonyl (C=O) groups excluding carboxylic acids is 3. The first-order valence-electron chi connectivity index (χ1n) is 13.7. The Kier molecular flexibility index (Phi) is 8.71. The van der Waals surface area contributed by atoms with E-state index in [2.05, 4.69) is 10.1 Å². The van der Waals surface area contributed by atoms with Crippen molar-refractivity contribution in [1.29, 1.82) is 0 Å². The third-order valence-electron chi connectivity index (χ3n) is 9.15. The van der Waals surface area contributed by atoms with E-state index in [0.29, 0.717) is 5.75 Å². The van der Waals surface area contributed by atoms with Crippen LogP contribution in [-0.2, 0) is 33.3 Å². The molecule has 0 radical (unpaired) electrons. The van der Waals surface area contributed by atoms with Crippen LogP contribution >= 0.6 is 35.3 Å². The molecule has 0 spiro atoms. The molecule has 3 saturated heterocycles. The fraction of sp³-hybridized carbons (Fsp3) is 0.577. The highest BCUT2D eigenvalue weighted by atomic mass is 32.2. The standard InChI is InChI=1S/C26H35FN6O7S3Si/c1-41-11-8-22(28)18(33-15-31-14-32-33)25(37,16-4-6-17(27)7-5-16)26-23(29,9-12-42-2)20(35)39-44(26,38-19(22)34)40-21(36)24(26,30)10-13-43-3/h4-7,14-15,18,37H,8-13,28-30H2,1-3H3. The number of halogens is 1. The highest BCUT2D eigenvalue weighted by Crippen LogP contribution is 2.77. The summed E-state index contributed by atoms with van der Waals surface area (Å²) in [6.45, 7) is 0. The Morgan fingerprint density at radius 3 is 1.86 bits per heavy atom. The smallest absolute Gasteiger partial charge is 0.453 e. The molecule has 2 aromatic rings. The number of aliphatic hydroxyl groups is 1. The van der Waals surface area contributed by atoms with Crippen molar-refractivity contribution in [2.45, 2.75) is 52.6 Å². The van der Waals surface area contributed by atoms with Crippen molar-refractivity contribution >= 4 is 62.0 Å². The fourth-order valence-electron chi connectivity index (χ4n) is 7.26. The van der Waals surface area contributed by atoms with E-state index < -0.39 is 65.8 Å². The molecule has 0 bridgehead atoms. The fourth-order valence-corrected chi connectivity index (χ4v) is 13.0. The second-order valence-corrected chi connectivity index (χ2v) is 16.7. The quantitative estimate of drug-likeness (QED) is 0.238. The van der Waals surface area contributed by atoms with E-state index in [1.807, 2.05) is 6.26 Å². The maximum absolute atomic E-state index is 14.5. The molecule has 5 unspecified atom stereocenters. The molecule has 18 heteroatoms. The number of thioether (sulfide) groups is 3. The lowest BCUT2D eigenvalue weighted by Gasteiger charge is -2.57. The van der Waals surface area contributed by atoms with Crippen LogP contribution < -0.4 is 17.2 Å². The Labute approximate surface area is 267 Å². The summed E-state index contributed by atoms with van der Waals surface area (Å²) < 4.78 is 33.7. The minimum atomic E-state index is -5.17. The minimum absolute atomic E-state index is 0.0527. The Balaban J connectivity index is 2.03. The molecule has 3 aliphatic heterocycles. The zero-order valence-electron chi connectivity index (χ0n) is 24.4. The summed E-state index contributed by atoms with van der Waals surface area (Å²) in [6.07, 6.45) is 7.41. The van der Waals surface area contributed by atoms with Crippen LogP contribution in [0, 0.1) is 5.82 Å². The zero-order valence-corrected chi connectivity index (χ0v) is 27.8. The molecule has 0 aliphatic carbocycles. The van der Waals surface area contributed by atoms with Gasteiger partial charge in [0.05, 0.1) is 0 Å². The Morgan fingerprint density at radius 1 is 0.886 bits per heavy atom. The second-order valence-electron chi connectivity index (χ2n) is 11.2. The van der Waals surface area contributed by atoms with E-state index in [0.717, 1.165) is 12.1 Å². The van der Waals surface area contributed by atoms with Crippen molar-refractivity contribution in [2.24, 2.45) is 17.2 Å². The highest BCUT2D eigenvalue weighted by Gasteiger charge is 3.02. The van der Waals surface area contributed by atoms with Crippen molar-refractivity contribution in [1.82, 2.24) is 14.8 Å². The number of carbonyl (C=O) groups is 3. The number of hydrogen-bond acceptors (Lipinski definition) is 15. The van der Waals surface area contributed by atoms with Gasteiger partial charge in [-0.1, -0.05) is 12.1 Å². The number of nitrogens with zero attached hydrogens (tertiary/aromatic N) is 3. The van der Waals surface area contributed by atoms with Crippen molar-refractivity contribution in [2.75, 3.05) is 36.0 Å². The van der Waals surface area contributed by atoms with Crippen LogP contribution in [0.3, 0.4) is 0 Å². The Hall–Kier alpha value is -2.19. The predicted octanol–water partition coefficient (Wildman–Crippen LogP) is 0.548. The lowest BCUT2D eigenvalue weighted by Crippen LogP contribution is -2.78. The summed E-state index contributed by atoms with van der Waals surface area (Å²) in [6, 6.07) is 3.07. The van der Waals surface area contributed by atoms with Crippen LogP contribution in [0.4, 0.5) is 4.39 Å². The third-order valence-corrected chi connectivity index (χ3v) is 14.5. The van der Waals surface area contributed by atoms with Gasteiger partial charge < -0.3 is 35.6 Å². The van der Waals surface area contributed by atoms with E-state index in [4.69, 9.17) is 30.5 Å². The highest BCUT2D eigenvalue weighted by molar-refractivity contribution is 7.98. The molecule has 1 aromatic heterocycles. The van der Waals surface area contributed by atoms with Gasteiger partial charge >= 0.3 is 26.7 Å². The molecule has 5 rings (SSSR count). The molecule has 44 heavy (non-hydrogen) atoms. The van der Waals surface area contributed by atoms with Crippen molar-refractivity contribution in [3.63, 3.8) is 0 Å². The molecule has 0 amide bonds. The van der Waals surface area contributed by atoms with E-state index in [1.165, 1.54) is 64.8 Å². The number of nitrogens with two attached hydrogens (primary N) is 3. The lowest BCUT2D eigenvalue weighted by atomic mass is 9.54. The van der Waals surface area contributed by atoms with Crippen LogP contribution in [0.1, 0.15) is 30.9 Å². The average molecular weight is 687 g/mol. The summed E-state index contributed by atoms with van der Waals surface area (Å²) in [5.74, 6) is -3.02. The molecule has 240 valence electrons. The van der Waals surface area contributed by atoms with Gasteiger partial charge in [0.25, 0.3) is 0 Å². The molecule has 1 aromatic carbocycles. The Bertz CT molecular complexity index is 1410. The molecule has 0 saturated carbocycles. The molecule has 5 atom stereocenters. The van der Waals surface area contributed by atoms with Gasteiger partial charge in [-0.2, -0.15) is 40.4 Å². The van der Waals surface area contributed by atoms with Gasteiger partial charge in [-0.25, -0.2) is 14.1 Å². The third kappa shape index (κ3) is 4.11. The van der Waals surface area contributed by atoms with Gasteiger partial charge in [0, 0.05) is 0 Å². The molecule has 7 N–H and O–H groups in total. The molecular formula is C26H35FN6O7S3Si. The first-order valence-corrected chi connectivity index (χ1v) is 19.6. The monoisotopic (exact) mass is 686 g/mol. The van der Waals surface area contributed by atoms with Crippen molar-refractivity contribution < 1.29 is 37.2 Å². The molecule has 3 fully saturated rings. The first-order chi connectivity index (χ1) is 20.8. The average Bonchev–Trinajstić information content (AvgIpc) is 3.61. The number of benzene rings is 1. The molecule has 13 nitrogen and oxygen atoms in total. The van der Waals surface area contributed by atoms with E-state index in [-0.39, 0.29) is 36.3 Å². The Morgan fingerprint density at radius 2 is 1.39 bits per heavy atom. The van der Waals surface area contributed by atoms with Crippen LogP contribution in [-0.4, -0.2) is 99.2 Å². The van der Waals surface area contributed by atoms with Crippen molar-refractivity contribution in [3.05, 3.63) is 48.3 Å². The molecule has 4 heterocycles. The molecule has 3 aliphatic rings. The lowest BCUT2D eigenvalue weighted by molar-refractivity contribution is -0.167. The summed E-state index contributed by atoms with van der Waals surface area (Å²) in [7, 11) is -5.17. The van der Waals surface area contributed by atoms with Gasteiger partial charge in [-0.15, -0.1) is 0 Å². The summed E-state index contributed by atoms with van der Waals surface area (Å²) in [5.41, 5.74) is 12.1. The van der Waals surface area contributed by atoms with E-state index in [1.54, 1.807) is 12.5 Å². The van der Waals surface area contributed by atoms with Crippen LogP contribution in [0.2, 0.25) is 5.04 Å². The van der Waals surface area contributed by atoms with Crippen molar-refractivity contribution in [3.8, 4) is 0 Å². The van der Waals surface area contributed by atoms with Gasteiger partial charge in [-0.05, 0) is 73.0 Å². The molecular weight excluding hydrogens is 652 g/mol. The van der Waals surface area contributed by atoms with Gasteiger partial charge in [0.2, 0.25) is 0 Å². The zero-order chi connectivity index (χ0) is 32.2. The van der Waals surface area contributed by atoms with Crippen LogP contribution in [0.5, 0.6) is 0 Å². The summed E-state index contributed by atoms with van der Waals surface area (Å²) in [5, 5.41) is 15.7. The first kappa shape index (κ1) is 33.2. The minimum Gasteiger partial charge on any atom is -0.453 e. The van der Waals surface area contributed by atoms with Gasteiger partial charge in [0.15, 0.2) is 5.04 Å².